The molecule has 0 radical (unpaired) electrons. The van der Waals surface area contributed by atoms with E-state index in [9.17, 15) is 8.78 Å². The van der Waals surface area contributed by atoms with Crippen molar-refractivity contribution in [3.05, 3.63) is 0 Å². The fourth-order valence-electron chi connectivity index (χ4n) is 2.85. The van der Waals surface area contributed by atoms with Gasteiger partial charge < -0.3 is 0 Å². The number of halogens is 2. The Hall–Kier alpha value is 0.560. The third-order valence-corrected chi connectivity index (χ3v) is 7.71. The summed E-state index contributed by atoms with van der Waals surface area (Å²) in [6.07, 6.45) is 10.1. The van der Waals surface area contributed by atoms with Gasteiger partial charge in [0.25, 0.3) is 0 Å². The molecule has 0 aromatic heterocycles. The fourth-order valence-corrected chi connectivity index (χ4v) is 5.67. The number of hydrogen-bond acceptors (Lipinski definition) is 2. The van der Waals surface area contributed by atoms with E-state index < -0.39 is 6.43 Å². The van der Waals surface area contributed by atoms with Gasteiger partial charge in [0, 0.05) is 16.9 Å². The zero-order valence-corrected chi connectivity index (χ0v) is 17.3. The summed E-state index contributed by atoms with van der Waals surface area (Å²) >= 11 is 0. The molecule has 0 bridgehead atoms. The van der Waals surface area contributed by atoms with Crippen LogP contribution in [0.4, 0.5) is 8.78 Å². The first-order valence-electron chi connectivity index (χ1n) is 9.61. The van der Waals surface area contributed by atoms with Crippen molar-refractivity contribution < 1.29 is 8.78 Å². The van der Waals surface area contributed by atoms with Gasteiger partial charge in [-0.15, -0.1) is 0 Å². The predicted molar refractivity (Wildman–Crippen MR) is 106 cm³/mol. The molecule has 0 N–H and O–H groups in total. The van der Waals surface area contributed by atoms with E-state index >= 15 is 0 Å². The molecule has 0 heterocycles. The summed E-state index contributed by atoms with van der Waals surface area (Å²) in [6.45, 7) is 8.73. The minimum atomic E-state index is -2.17. The molecule has 0 aromatic carbocycles. The Bertz CT molecular complexity index is 236. The lowest BCUT2D eigenvalue weighted by molar-refractivity contribution is 0.128. The molecular formula is C19H38F2S2. The monoisotopic (exact) mass is 368 g/mol. The van der Waals surface area contributed by atoms with Gasteiger partial charge in [-0.2, -0.15) is 0 Å². The third-order valence-electron chi connectivity index (χ3n) is 4.16. The zero-order chi connectivity index (χ0) is 17.5. The summed E-state index contributed by atoms with van der Waals surface area (Å²) < 4.78 is 26.1. The van der Waals surface area contributed by atoms with Crippen LogP contribution in [0.25, 0.3) is 0 Å². The van der Waals surface area contributed by atoms with Crippen molar-refractivity contribution in [2.24, 2.45) is 5.92 Å². The zero-order valence-electron chi connectivity index (χ0n) is 15.7. The second-order valence-corrected chi connectivity index (χ2v) is 9.95. The van der Waals surface area contributed by atoms with Gasteiger partial charge in [-0.3, -0.25) is 0 Å². The largest absolute Gasteiger partial charge is 0.239 e. The van der Waals surface area contributed by atoms with E-state index in [4.69, 9.17) is 0 Å². The van der Waals surface area contributed by atoms with Crippen molar-refractivity contribution >= 4 is 21.6 Å². The quantitative estimate of drug-likeness (QED) is 0.198. The molecule has 1 atom stereocenters. The fraction of sp³-hybridized carbons (Fsp3) is 1.00. The van der Waals surface area contributed by atoms with Crippen LogP contribution in [0.2, 0.25) is 0 Å². The van der Waals surface area contributed by atoms with Gasteiger partial charge in [-0.05, 0) is 18.8 Å². The van der Waals surface area contributed by atoms with Crippen molar-refractivity contribution in [1.82, 2.24) is 0 Å². The SMILES string of the molecule is CCCCCCC(CCCCCC)C(CC(F)F)SSC(C)C. The molecule has 0 spiro atoms. The van der Waals surface area contributed by atoms with Crippen LogP contribution in [0.1, 0.15) is 98.3 Å². The normalized spacial score (nSPS) is 13.4. The lowest BCUT2D eigenvalue weighted by Gasteiger charge is -2.27. The standard InChI is InChI=1S/C19H38F2S2/c1-5-7-9-11-13-17(14-12-10-8-6-2)18(15-19(20)21)23-22-16(3)4/h16-19H,5-15H2,1-4H3. The van der Waals surface area contributed by atoms with Gasteiger partial charge in [-0.1, -0.05) is 101 Å². The first-order chi connectivity index (χ1) is 11.0. The van der Waals surface area contributed by atoms with Crippen molar-refractivity contribution in [3.63, 3.8) is 0 Å². The number of unbranched alkanes of at least 4 members (excludes halogenated alkanes) is 6. The van der Waals surface area contributed by atoms with E-state index in [1.807, 2.05) is 0 Å². The van der Waals surface area contributed by atoms with Crippen molar-refractivity contribution in [2.45, 2.75) is 115 Å². The van der Waals surface area contributed by atoms with Crippen LogP contribution in [-0.2, 0) is 0 Å². The van der Waals surface area contributed by atoms with E-state index in [1.54, 1.807) is 21.6 Å². The van der Waals surface area contributed by atoms with Gasteiger partial charge >= 0.3 is 0 Å². The summed E-state index contributed by atoms with van der Waals surface area (Å²) in [7, 11) is 3.51. The highest BCUT2D eigenvalue weighted by Gasteiger charge is 2.25. The molecule has 140 valence electrons. The van der Waals surface area contributed by atoms with Crippen molar-refractivity contribution in [2.75, 3.05) is 0 Å². The number of hydrogen-bond donors (Lipinski definition) is 0. The van der Waals surface area contributed by atoms with Crippen LogP contribution < -0.4 is 0 Å². The molecule has 0 rings (SSSR count). The lowest BCUT2D eigenvalue weighted by Crippen LogP contribution is -2.20. The van der Waals surface area contributed by atoms with Crippen LogP contribution in [0.5, 0.6) is 0 Å². The predicted octanol–water partition coefficient (Wildman–Crippen LogP) is 8.36. The highest BCUT2D eigenvalue weighted by molar-refractivity contribution is 8.77. The summed E-state index contributed by atoms with van der Waals surface area (Å²) in [4.78, 5) is 0. The summed E-state index contributed by atoms with van der Waals surface area (Å²) in [5, 5.41) is 0.617. The number of alkyl halides is 2. The maximum absolute atomic E-state index is 13.0. The van der Waals surface area contributed by atoms with Crippen molar-refractivity contribution in [3.8, 4) is 0 Å². The van der Waals surface area contributed by atoms with E-state index in [0.29, 0.717) is 11.2 Å². The van der Waals surface area contributed by atoms with Gasteiger partial charge in [0.2, 0.25) is 6.43 Å². The van der Waals surface area contributed by atoms with E-state index in [2.05, 4.69) is 27.7 Å². The molecule has 0 nitrogen and oxygen atoms in total. The molecule has 0 aliphatic rings. The van der Waals surface area contributed by atoms with Crippen LogP contribution in [0, 0.1) is 5.92 Å². The summed E-state index contributed by atoms with van der Waals surface area (Å²) in [5.41, 5.74) is 0. The van der Waals surface area contributed by atoms with Gasteiger partial charge in [0.15, 0.2) is 0 Å². The summed E-state index contributed by atoms with van der Waals surface area (Å²) in [6, 6.07) is 0. The second kappa shape index (κ2) is 16.1. The number of rotatable bonds is 16. The molecule has 1 unspecified atom stereocenters. The summed E-state index contributed by atoms with van der Waals surface area (Å²) in [5.74, 6) is 0.467. The Kier molecular flexibility index (Phi) is 16.4. The highest BCUT2D eigenvalue weighted by Crippen LogP contribution is 2.40. The Labute approximate surface area is 151 Å². The highest BCUT2D eigenvalue weighted by atomic mass is 33.1. The van der Waals surface area contributed by atoms with Gasteiger partial charge in [0.05, 0.1) is 0 Å². The maximum Gasteiger partial charge on any atom is 0.239 e. The van der Waals surface area contributed by atoms with E-state index in [1.165, 1.54) is 51.4 Å². The Morgan fingerprint density at radius 3 is 1.65 bits per heavy atom. The maximum atomic E-state index is 13.0. The Morgan fingerprint density at radius 1 is 0.739 bits per heavy atom. The van der Waals surface area contributed by atoms with Crippen molar-refractivity contribution in [1.29, 1.82) is 0 Å². The minimum Gasteiger partial charge on any atom is -0.210 e. The molecule has 0 fully saturated rings. The Balaban J connectivity index is 4.53. The molecule has 0 aliphatic carbocycles. The minimum absolute atomic E-state index is 0.0661. The second-order valence-electron chi connectivity index (χ2n) is 6.87. The van der Waals surface area contributed by atoms with E-state index in [0.717, 1.165) is 12.8 Å². The molecular weight excluding hydrogens is 330 g/mol. The van der Waals surface area contributed by atoms with Crippen LogP contribution >= 0.6 is 21.6 Å². The van der Waals surface area contributed by atoms with Gasteiger partial charge in [-0.25, -0.2) is 8.78 Å². The van der Waals surface area contributed by atoms with Crippen LogP contribution in [0.3, 0.4) is 0 Å². The average Bonchev–Trinajstić information content (AvgIpc) is 2.49. The van der Waals surface area contributed by atoms with Crippen LogP contribution in [0.15, 0.2) is 0 Å². The first kappa shape index (κ1) is 23.6. The molecule has 0 aliphatic heterocycles. The van der Waals surface area contributed by atoms with Gasteiger partial charge in [0.1, 0.15) is 0 Å². The van der Waals surface area contributed by atoms with Crippen LogP contribution in [-0.4, -0.2) is 16.9 Å². The molecule has 0 aromatic rings. The molecule has 23 heavy (non-hydrogen) atoms. The lowest BCUT2D eigenvalue weighted by atomic mass is 9.90. The smallest absolute Gasteiger partial charge is 0.210 e. The Morgan fingerprint density at radius 2 is 1.26 bits per heavy atom. The molecule has 0 amide bonds. The topological polar surface area (TPSA) is 0 Å². The average molecular weight is 369 g/mol. The molecule has 0 saturated heterocycles. The molecule has 0 saturated carbocycles. The third kappa shape index (κ3) is 14.6. The van der Waals surface area contributed by atoms with E-state index in [-0.39, 0.29) is 11.7 Å². The first-order valence-corrected chi connectivity index (χ1v) is 11.9. The molecule has 4 heteroatoms.